The van der Waals surface area contributed by atoms with E-state index in [9.17, 15) is 4.79 Å². The lowest BCUT2D eigenvalue weighted by Crippen LogP contribution is -2.58. The van der Waals surface area contributed by atoms with Crippen LogP contribution in [0.3, 0.4) is 0 Å². The number of rotatable bonds is 3. The molecular formula is C14H17Cl3N2O2. The minimum absolute atomic E-state index is 0.266. The molecule has 1 saturated heterocycles. The maximum atomic E-state index is 12.3. The third kappa shape index (κ3) is 4.73. The SMILES string of the molecule is Cc1ccc(C(=O)N[C@@H](N2CCOCC2)C(Cl)(Cl)Cl)cc1. The molecule has 7 heteroatoms. The van der Waals surface area contributed by atoms with Gasteiger partial charge < -0.3 is 10.1 Å². The van der Waals surface area contributed by atoms with E-state index in [-0.39, 0.29) is 5.91 Å². The van der Waals surface area contributed by atoms with Crippen LogP contribution in [-0.4, -0.2) is 47.1 Å². The minimum Gasteiger partial charge on any atom is -0.379 e. The highest BCUT2D eigenvalue weighted by Gasteiger charge is 2.39. The summed E-state index contributed by atoms with van der Waals surface area (Å²) in [4.78, 5) is 14.2. The second kappa shape index (κ2) is 7.16. The van der Waals surface area contributed by atoms with Crippen molar-refractivity contribution in [3.05, 3.63) is 35.4 Å². The van der Waals surface area contributed by atoms with Crippen molar-refractivity contribution < 1.29 is 9.53 Å². The molecule has 1 heterocycles. The van der Waals surface area contributed by atoms with Gasteiger partial charge in [0.2, 0.25) is 3.79 Å². The normalized spacial score (nSPS) is 18.3. The zero-order valence-corrected chi connectivity index (χ0v) is 13.9. The summed E-state index contributed by atoms with van der Waals surface area (Å²) in [6, 6.07) is 7.24. The fourth-order valence-corrected chi connectivity index (χ4v) is 2.71. The van der Waals surface area contributed by atoms with E-state index in [0.717, 1.165) is 5.56 Å². The van der Waals surface area contributed by atoms with Crippen LogP contribution >= 0.6 is 34.8 Å². The van der Waals surface area contributed by atoms with Crippen LogP contribution in [-0.2, 0) is 4.74 Å². The van der Waals surface area contributed by atoms with Crippen LogP contribution in [0.2, 0.25) is 0 Å². The molecule has 1 atom stereocenters. The first kappa shape index (κ1) is 16.8. The Bertz CT molecular complexity index is 482. The third-order valence-electron chi connectivity index (χ3n) is 3.30. The summed E-state index contributed by atoms with van der Waals surface area (Å²) in [5.74, 6) is -0.266. The molecule has 1 aromatic rings. The number of nitrogens with zero attached hydrogens (tertiary/aromatic N) is 1. The molecule has 1 aromatic carbocycles. The van der Waals surface area contributed by atoms with Crippen molar-refractivity contribution in [3.8, 4) is 0 Å². The van der Waals surface area contributed by atoms with Crippen LogP contribution in [0, 0.1) is 6.92 Å². The Morgan fingerprint density at radius 1 is 1.24 bits per heavy atom. The second-order valence-electron chi connectivity index (χ2n) is 4.93. The Morgan fingerprint density at radius 3 is 2.33 bits per heavy atom. The summed E-state index contributed by atoms with van der Waals surface area (Å²) in [5, 5.41) is 2.80. The van der Waals surface area contributed by atoms with Crippen LogP contribution in [0.15, 0.2) is 24.3 Å². The zero-order valence-electron chi connectivity index (χ0n) is 11.6. The summed E-state index contributed by atoms with van der Waals surface area (Å²) in [5.41, 5.74) is 1.62. The first-order chi connectivity index (χ1) is 9.88. The van der Waals surface area contributed by atoms with Crippen LogP contribution in [0.1, 0.15) is 15.9 Å². The monoisotopic (exact) mass is 350 g/mol. The molecule has 21 heavy (non-hydrogen) atoms. The van der Waals surface area contributed by atoms with Crippen molar-refractivity contribution >= 4 is 40.7 Å². The first-order valence-corrected chi connectivity index (χ1v) is 7.77. The molecule has 2 rings (SSSR count). The number of alkyl halides is 3. The van der Waals surface area contributed by atoms with E-state index in [1.54, 1.807) is 12.1 Å². The summed E-state index contributed by atoms with van der Waals surface area (Å²) in [7, 11) is 0. The van der Waals surface area contributed by atoms with Crippen molar-refractivity contribution in [2.45, 2.75) is 16.9 Å². The maximum Gasteiger partial charge on any atom is 0.252 e. The Balaban J connectivity index is 2.10. The molecule has 1 aliphatic rings. The van der Waals surface area contributed by atoms with Gasteiger partial charge in [0.15, 0.2) is 0 Å². The van der Waals surface area contributed by atoms with E-state index in [4.69, 9.17) is 39.5 Å². The van der Waals surface area contributed by atoms with E-state index in [1.807, 2.05) is 24.0 Å². The molecule has 0 aliphatic carbocycles. The molecule has 0 aromatic heterocycles. The lowest BCUT2D eigenvalue weighted by Gasteiger charge is -2.38. The molecule has 116 valence electrons. The maximum absolute atomic E-state index is 12.3. The van der Waals surface area contributed by atoms with E-state index in [2.05, 4.69) is 5.32 Å². The number of nitrogens with one attached hydrogen (secondary N) is 1. The number of morpholine rings is 1. The number of carbonyl (C=O) groups is 1. The quantitative estimate of drug-likeness (QED) is 0.852. The molecule has 1 fully saturated rings. The Morgan fingerprint density at radius 2 is 1.81 bits per heavy atom. The summed E-state index contributed by atoms with van der Waals surface area (Å²) < 4.78 is 3.67. The topological polar surface area (TPSA) is 41.6 Å². The number of hydrogen-bond donors (Lipinski definition) is 1. The Labute approximate surface area is 139 Å². The molecule has 1 N–H and O–H groups in total. The fourth-order valence-electron chi connectivity index (χ4n) is 2.13. The van der Waals surface area contributed by atoms with Crippen molar-refractivity contribution in [3.63, 3.8) is 0 Å². The highest BCUT2D eigenvalue weighted by atomic mass is 35.6. The molecule has 0 bridgehead atoms. The van der Waals surface area contributed by atoms with Gasteiger partial charge in [-0.2, -0.15) is 0 Å². The molecule has 0 saturated carbocycles. The van der Waals surface area contributed by atoms with Gasteiger partial charge in [-0.3, -0.25) is 9.69 Å². The summed E-state index contributed by atoms with van der Waals surface area (Å²) in [6.07, 6.45) is -0.694. The van der Waals surface area contributed by atoms with Gasteiger partial charge in [-0.25, -0.2) is 0 Å². The van der Waals surface area contributed by atoms with Crippen LogP contribution < -0.4 is 5.32 Å². The molecule has 1 aliphatic heterocycles. The number of hydrogen-bond acceptors (Lipinski definition) is 3. The molecule has 0 radical (unpaired) electrons. The van der Waals surface area contributed by atoms with Crippen molar-refractivity contribution in [1.29, 1.82) is 0 Å². The van der Waals surface area contributed by atoms with Gasteiger partial charge in [0.05, 0.1) is 13.2 Å². The average molecular weight is 352 g/mol. The number of ether oxygens (including phenoxy) is 1. The average Bonchev–Trinajstić information content (AvgIpc) is 2.45. The predicted molar refractivity (Wildman–Crippen MR) is 85.1 cm³/mol. The third-order valence-corrected chi connectivity index (χ3v) is 3.92. The lowest BCUT2D eigenvalue weighted by molar-refractivity contribution is 0.00996. The molecule has 1 amide bonds. The van der Waals surface area contributed by atoms with Crippen LogP contribution in [0.25, 0.3) is 0 Å². The van der Waals surface area contributed by atoms with E-state index < -0.39 is 9.96 Å². The number of carbonyl (C=O) groups excluding carboxylic acids is 1. The van der Waals surface area contributed by atoms with Gasteiger partial charge in [0.1, 0.15) is 6.17 Å². The van der Waals surface area contributed by atoms with Crippen molar-refractivity contribution in [2.75, 3.05) is 26.3 Å². The number of amides is 1. The van der Waals surface area contributed by atoms with Crippen LogP contribution in [0.4, 0.5) is 0 Å². The van der Waals surface area contributed by atoms with E-state index in [1.165, 1.54) is 0 Å². The molecule has 0 unspecified atom stereocenters. The van der Waals surface area contributed by atoms with Crippen molar-refractivity contribution in [2.24, 2.45) is 0 Å². The highest BCUT2D eigenvalue weighted by molar-refractivity contribution is 6.68. The Kier molecular flexibility index (Phi) is 5.74. The van der Waals surface area contributed by atoms with Crippen molar-refractivity contribution in [1.82, 2.24) is 10.2 Å². The standard InChI is InChI=1S/C14H17Cl3N2O2/c1-10-2-4-11(5-3-10)12(20)18-13(14(15,16)17)19-6-8-21-9-7-19/h2-5,13H,6-9H2,1H3,(H,18,20)/t13-/m0/s1. The van der Waals surface area contributed by atoms with Gasteiger partial charge >= 0.3 is 0 Å². The fraction of sp³-hybridized carbons (Fsp3) is 0.500. The van der Waals surface area contributed by atoms with Gasteiger partial charge in [-0.1, -0.05) is 52.5 Å². The number of benzene rings is 1. The highest BCUT2D eigenvalue weighted by Crippen LogP contribution is 2.32. The van der Waals surface area contributed by atoms with Gasteiger partial charge in [-0.15, -0.1) is 0 Å². The van der Waals surface area contributed by atoms with Gasteiger partial charge in [0.25, 0.3) is 5.91 Å². The van der Waals surface area contributed by atoms with E-state index in [0.29, 0.717) is 31.9 Å². The van der Waals surface area contributed by atoms with Gasteiger partial charge in [-0.05, 0) is 19.1 Å². The Hall–Kier alpha value is -0.520. The second-order valence-corrected chi connectivity index (χ2v) is 7.30. The minimum atomic E-state index is -1.61. The van der Waals surface area contributed by atoms with Gasteiger partial charge in [0, 0.05) is 18.7 Å². The number of halogens is 3. The number of aryl methyl sites for hydroxylation is 1. The zero-order chi connectivity index (χ0) is 15.5. The molecule has 4 nitrogen and oxygen atoms in total. The smallest absolute Gasteiger partial charge is 0.252 e. The predicted octanol–water partition coefficient (Wildman–Crippen LogP) is 2.75. The van der Waals surface area contributed by atoms with Crippen LogP contribution in [0.5, 0.6) is 0 Å². The summed E-state index contributed by atoms with van der Waals surface area (Å²) >= 11 is 18.1. The first-order valence-electron chi connectivity index (χ1n) is 6.64. The van der Waals surface area contributed by atoms with E-state index >= 15 is 0 Å². The largest absolute Gasteiger partial charge is 0.379 e. The molecule has 0 spiro atoms. The molecular weight excluding hydrogens is 335 g/mol. The summed E-state index contributed by atoms with van der Waals surface area (Å²) in [6.45, 7) is 4.27. The lowest BCUT2D eigenvalue weighted by atomic mass is 10.1.